The molecular weight excluding hydrogens is 384 g/mol. The van der Waals surface area contributed by atoms with Crippen molar-refractivity contribution >= 4 is 27.1 Å². The zero-order valence-corrected chi connectivity index (χ0v) is 18.7. The third-order valence-corrected chi connectivity index (χ3v) is 8.02. The van der Waals surface area contributed by atoms with E-state index in [1.54, 1.807) is 16.7 Å². The number of benzene rings is 4. The lowest BCUT2D eigenvalue weighted by atomic mass is 9.75. The first-order chi connectivity index (χ1) is 15.7. The van der Waals surface area contributed by atoms with Crippen molar-refractivity contribution in [1.82, 2.24) is 0 Å². The summed E-state index contributed by atoms with van der Waals surface area (Å²) < 4.78 is 0. The van der Waals surface area contributed by atoms with E-state index >= 15 is 0 Å². The Balaban J connectivity index is 1.71. The average molecular weight is 411 g/mol. The standard InChI is InChI=1S/C32H26/c1-19-18-28-29-25(21-10-4-3-5-11-21)17-16-24-20(2)23-13-7-9-15-27(23)32(31(24)29)30(28)26-14-8-6-12-22(19)26/h3-10,12-15,18,21H,11,16-17H2,1-2H3. The average Bonchev–Trinajstić information content (AvgIpc) is 3.19. The van der Waals surface area contributed by atoms with Gasteiger partial charge in [0.15, 0.2) is 0 Å². The van der Waals surface area contributed by atoms with Crippen LogP contribution < -0.4 is 0 Å². The van der Waals surface area contributed by atoms with Gasteiger partial charge in [-0.15, -0.1) is 0 Å². The zero-order valence-electron chi connectivity index (χ0n) is 18.7. The molecule has 32 heavy (non-hydrogen) atoms. The smallest absolute Gasteiger partial charge is 0.00240 e. The summed E-state index contributed by atoms with van der Waals surface area (Å²) in [6.07, 6.45) is 12.6. The highest BCUT2D eigenvalue weighted by Crippen LogP contribution is 2.57. The van der Waals surface area contributed by atoms with Crippen LogP contribution in [0.5, 0.6) is 0 Å². The summed E-state index contributed by atoms with van der Waals surface area (Å²) in [6.45, 7) is 4.62. The van der Waals surface area contributed by atoms with Gasteiger partial charge in [0.1, 0.15) is 0 Å². The van der Waals surface area contributed by atoms with E-state index in [1.807, 2.05) is 0 Å². The molecule has 0 heterocycles. The van der Waals surface area contributed by atoms with Crippen LogP contribution in [-0.4, -0.2) is 0 Å². The molecule has 0 saturated carbocycles. The van der Waals surface area contributed by atoms with Crippen molar-refractivity contribution in [3.63, 3.8) is 0 Å². The number of fused-ring (bicyclic) bond motifs is 7. The van der Waals surface area contributed by atoms with Crippen molar-refractivity contribution < 1.29 is 0 Å². The van der Waals surface area contributed by atoms with Gasteiger partial charge in [0.05, 0.1) is 0 Å². The van der Waals surface area contributed by atoms with E-state index in [0.29, 0.717) is 5.92 Å². The van der Waals surface area contributed by atoms with E-state index in [4.69, 9.17) is 0 Å². The predicted molar refractivity (Wildman–Crippen MR) is 137 cm³/mol. The molecule has 154 valence electrons. The fourth-order valence-corrected chi connectivity index (χ4v) is 6.60. The highest BCUT2D eigenvalue weighted by atomic mass is 14.4. The Hall–Kier alpha value is -3.38. The zero-order chi connectivity index (χ0) is 21.4. The van der Waals surface area contributed by atoms with Crippen LogP contribution in [0.1, 0.15) is 40.7 Å². The van der Waals surface area contributed by atoms with E-state index < -0.39 is 0 Å². The van der Waals surface area contributed by atoms with E-state index in [2.05, 4.69) is 92.7 Å². The molecular formula is C32H26. The van der Waals surface area contributed by atoms with Gasteiger partial charge in [0.2, 0.25) is 0 Å². The highest BCUT2D eigenvalue weighted by Gasteiger charge is 2.36. The summed E-state index contributed by atoms with van der Waals surface area (Å²) in [5.41, 5.74) is 13.6. The topological polar surface area (TPSA) is 0 Å². The third-order valence-electron chi connectivity index (χ3n) is 8.02. The maximum Gasteiger partial charge on any atom is 0.00240 e. The minimum atomic E-state index is 0.514. The molecule has 0 nitrogen and oxygen atoms in total. The highest BCUT2D eigenvalue weighted by molar-refractivity contribution is 6.20. The van der Waals surface area contributed by atoms with Gasteiger partial charge < -0.3 is 0 Å². The SMILES string of the molecule is Cc1cc2c(c3ccccc13)-c1c3c(c(C)c4ccccc14)CCC(C1C=CC=CC1)=C23. The summed E-state index contributed by atoms with van der Waals surface area (Å²) in [7, 11) is 0. The largest absolute Gasteiger partial charge is 0.0836 e. The normalized spacial score (nSPS) is 18.5. The molecule has 0 heteroatoms. The van der Waals surface area contributed by atoms with Gasteiger partial charge in [-0.05, 0) is 99.2 Å². The Morgan fingerprint density at radius 1 is 0.719 bits per heavy atom. The van der Waals surface area contributed by atoms with Crippen LogP contribution >= 0.6 is 0 Å². The van der Waals surface area contributed by atoms with Crippen molar-refractivity contribution in [2.24, 2.45) is 5.92 Å². The van der Waals surface area contributed by atoms with Crippen molar-refractivity contribution in [3.05, 3.63) is 112 Å². The van der Waals surface area contributed by atoms with Gasteiger partial charge in [-0.2, -0.15) is 0 Å². The van der Waals surface area contributed by atoms with Gasteiger partial charge >= 0.3 is 0 Å². The molecule has 0 aliphatic heterocycles. The van der Waals surface area contributed by atoms with Crippen molar-refractivity contribution in [3.8, 4) is 11.1 Å². The number of aryl methyl sites for hydroxylation is 2. The number of allylic oxidation sites excluding steroid dienone is 5. The summed E-state index contributed by atoms with van der Waals surface area (Å²) in [6, 6.07) is 20.6. The minimum Gasteiger partial charge on any atom is -0.0836 e. The predicted octanol–water partition coefficient (Wildman–Crippen LogP) is 8.47. The second-order valence-electron chi connectivity index (χ2n) is 9.62. The van der Waals surface area contributed by atoms with Gasteiger partial charge in [0, 0.05) is 5.92 Å². The molecule has 0 saturated heterocycles. The van der Waals surface area contributed by atoms with Gasteiger partial charge in [-0.1, -0.05) is 84.5 Å². The van der Waals surface area contributed by atoms with Crippen LogP contribution in [0.4, 0.5) is 0 Å². The number of rotatable bonds is 1. The van der Waals surface area contributed by atoms with Crippen molar-refractivity contribution in [2.45, 2.75) is 33.1 Å². The van der Waals surface area contributed by atoms with Crippen LogP contribution in [0.25, 0.3) is 38.2 Å². The van der Waals surface area contributed by atoms with Crippen LogP contribution in [0.2, 0.25) is 0 Å². The molecule has 0 fully saturated rings. The molecule has 0 spiro atoms. The Labute approximate surface area is 189 Å². The van der Waals surface area contributed by atoms with E-state index in [1.165, 1.54) is 54.9 Å². The molecule has 1 unspecified atom stereocenters. The first-order valence-electron chi connectivity index (χ1n) is 11.9. The number of hydrogen-bond donors (Lipinski definition) is 0. The molecule has 0 amide bonds. The Bertz CT molecular complexity index is 1550. The lowest BCUT2D eigenvalue weighted by Crippen LogP contribution is -2.13. The van der Waals surface area contributed by atoms with Gasteiger partial charge in [-0.25, -0.2) is 0 Å². The monoisotopic (exact) mass is 410 g/mol. The second-order valence-corrected chi connectivity index (χ2v) is 9.62. The van der Waals surface area contributed by atoms with E-state index in [9.17, 15) is 0 Å². The summed E-state index contributed by atoms with van der Waals surface area (Å²) >= 11 is 0. The van der Waals surface area contributed by atoms with Crippen molar-refractivity contribution in [1.29, 1.82) is 0 Å². The second kappa shape index (κ2) is 6.56. The van der Waals surface area contributed by atoms with Crippen molar-refractivity contribution in [2.75, 3.05) is 0 Å². The summed E-state index contributed by atoms with van der Waals surface area (Å²) in [5, 5.41) is 5.61. The molecule has 4 aromatic carbocycles. The van der Waals surface area contributed by atoms with Crippen LogP contribution in [0, 0.1) is 19.8 Å². The van der Waals surface area contributed by atoms with Crippen LogP contribution in [0.3, 0.4) is 0 Å². The molecule has 7 rings (SSSR count). The van der Waals surface area contributed by atoms with E-state index in [0.717, 1.165) is 19.3 Å². The van der Waals surface area contributed by atoms with Gasteiger partial charge in [0.25, 0.3) is 0 Å². The van der Waals surface area contributed by atoms with Crippen LogP contribution in [0.15, 0.2) is 84.5 Å². The molecule has 3 aliphatic rings. The molecule has 0 radical (unpaired) electrons. The lowest BCUT2D eigenvalue weighted by molar-refractivity contribution is 0.706. The maximum absolute atomic E-state index is 2.48. The fourth-order valence-electron chi connectivity index (χ4n) is 6.60. The number of hydrogen-bond acceptors (Lipinski definition) is 0. The maximum atomic E-state index is 2.48. The molecule has 3 aliphatic carbocycles. The summed E-state index contributed by atoms with van der Waals surface area (Å²) in [5.74, 6) is 0.514. The Kier molecular flexibility index (Phi) is 3.73. The van der Waals surface area contributed by atoms with Crippen LogP contribution in [-0.2, 0) is 6.42 Å². The first-order valence-corrected chi connectivity index (χ1v) is 11.9. The first kappa shape index (κ1) is 18.2. The molecule has 0 N–H and O–H groups in total. The summed E-state index contributed by atoms with van der Waals surface area (Å²) in [4.78, 5) is 0. The molecule has 4 aromatic rings. The van der Waals surface area contributed by atoms with E-state index in [-0.39, 0.29) is 0 Å². The minimum absolute atomic E-state index is 0.514. The third kappa shape index (κ3) is 2.28. The molecule has 0 bridgehead atoms. The van der Waals surface area contributed by atoms with Gasteiger partial charge in [-0.3, -0.25) is 0 Å². The fraction of sp³-hybridized carbons (Fsp3) is 0.188. The quantitative estimate of drug-likeness (QED) is 0.260. The molecule has 0 aromatic heterocycles. The Morgan fingerprint density at radius 3 is 2.19 bits per heavy atom. The Morgan fingerprint density at radius 2 is 1.44 bits per heavy atom. The molecule has 1 atom stereocenters. The lowest BCUT2D eigenvalue weighted by Gasteiger charge is -2.28.